The first-order chi connectivity index (χ1) is 10.5. The van der Waals surface area contributed by atoms with Crippen LogP contribution >= 0.6 is 11.3 Å². The van der Waals surface area contributed by atoms with Crippen LogP contribution in [0.4, 0.5) is 5.69 Å². The van der Waals surface area contributed by atoms with E-state index in [0.29, 0.717) is 16.4 Å². The van der Waals surface area contributed by atoms with Gasteiger partial charge in [-0.15, -0.1) is 16.4 Å². The summed E-state index contributed by atoms with van der Waals surface area (Å²) in [4.78, 5) is 17.2. The number of thiazole rings is 1. The van der Waals surface area contributed by atoms with E-state index in [1.165, 1.54) is 11.3 Å². The largest absolute Gasteiger partial charge is 0.321 e. The highest BCUT2D eigenvalue weighted by Gasteiger charge is 2.14. The molecule has 0 fully saturated rings. The number of hydrogen-bond donors (Lipinski definition) is 1. The number of hydrogen-bond acceptors (Lipinski definition) is 6. The van der Waals surface area contributed by atoms with E-state index in [2.05, 4.69) is 25.8 Å². The number of aryl methyl sites for hydroxylation is 3. The van der Waals surface area contributed by atoms with Crippen molar-refractivity contribution in [2.75, 3.05) is 5.32 Å². The molecule has 0 bridgehead atoms. The molecule has 0 saturated heterocycles. The Labute approximate surface area is 131 Å². The van der Waals surface area contributed by atoms with Gasteiger partial charge < -0.3 is 5.32 Å². The second kappa shape index (κ2) is 5.64. The van der Waals surface area contributed by atoms with Gasteiger partial charge in [0, 0.05) is 5.69 Å². The van der Waals surface area contributed by atoms with Gasteiger partial charge in [-0.1, -0.05) is 6.07 Å². The predicted molar refractivity (Wildman–Crippen MR) is 83.4 cm³/mol. The molecule has 0 atom stereocenters. The van der Waals surface area contributed by atoms with Crippen molar-refractivity contribution in [1.82, 2.24) is 25.2 Å². The number of nitrogens with zero attached hydrogens (tertiary/aromatic N) is 5. The van der Waals surface area contributed by atoms with E-state index in [1.807, 2.05) is 45.0 Å². The topological polar surface area (TPSA) is 85.6 Å². The molecule has 0 aliphatic heterocycles. The van der Waals surface area contributed by atoms with Crippen molar-refractivity contribution in [3.05, 3.63) is 45.7 Å². The summed E-state index contributed by atoms with van der Waals surface area (Å²) in [5, 5.41) is 15.1. The Morgan fingerprint density at radius 2 is 2.09 bits per heavy atom. The van der Waals surface area contributed by atoms with Crippen molar-refractivity contribution in [2.24, 2.45) is 0 Å². The molecule has 0 saturated carbocycles. The second-order valence-electron chi connectivity index (χ2n) is 4.79. The Morgan fingerprint density at radius 1 is 1.27 bits per heavy atom. The first-order valence-electron chi connectivity index (χ1n) is 6.65. The molecule has 0 unspecified atom stereocenters. The molecule has 22 heavy (non-hydrogen) atoms. The van der Waals surface area contributed by atoms with Crippen LogP contribution in [0.3, 0.4) is 0 Å². The van der Waals surface area contributed by atoms with Crippen LogP contribution in [-0.2, 0) is 0 Å². The lowest BCUT2D eigenvalue weighted by molar-refractivity contribution is 0.103. The minimum atomic E-state index is -0.159. The average Bonchev–Trinajstić information content (AvgIpc) is 3.04. The van der Waals surface area contributed by atoms with Gasteiger partial charge in [0.1, 0.15) is 4.88 Å². The Bertz CT molecular complexity index is 837. The molecule has 7 nitrogen and oxygen atoms in total. The zero-order chi connectivity index (χ0) is 15.7. The molecule has 0 radical (unpaired) electrons. The van der Waals surface area contributed by atoms with Gasteiger partial charge in [-0.2, -0.15) is 4.68 Å². The van der Waals surface area contributed by atoms with Crippen LogP contribution in [0.15, 0.2) is 24.3 Å². The van der Waals surface area contributed by atoms with E-state index in [1.54, 1.807) is 4.68 Å². The molecule has 0 aliphatic rings. The summed E-state index contributed by atoms with van der Waals surface area (Å²) in [5.74, 6) is 0.520. The van der Waals surface area contributed by atoms with Crippen LogP contribution in [0.1, 0.15) is 26.2 Å². The lowest BCUT2D eigenvalue weighted by atomic mass is 10.2. The number of nitrogens with one attached hydrogen (secondary N) is 1. The Balaban J connectivity index is 1.86. The molecule has 3 rings (SSSR count). The number of tetrazole rings is 1. The number of rotatable bonds is 3. The van der Waals surface area contributed by atoms with E-state index >= 15 is 0 Å². The van der Waals surface area contributed by atoms with E-state index < -0.39 is 0 Å². The third-order valence-electron chi connectivity index (χ3n) is 3.08. The normalized spacial score (nSPS) is 10.7. The molecule has 112 valence electrons. The van der Waals surface area contributed by atoms with E-state index in [9.17, 15) is 4.79 Å². The van der Waals surface area contributed by atoms with Crippen molar-refractivity contribution < 1.29 is 4.79 Å². The SMILES string of the molecule is Cc1nc(C)c(C(=O)Nc2cccc(-n3nnnc3C)c2)s1. The number of carbonyl (C=O) groups excluding carboxylic acids is 1. The summed E-state index contributed by atoms with van der Waals surface area (Å²) in [6.07, 6.45) is 0. The van der Waals surface area contributed by atoms with Gasteiger partial charge in [-0.3, -0.25) is 4.79 Å². The molecule has 2 aromatic heterocycles. The van der Waals surface area contributed by atoms with E-state index in [4.69, 9.17) is 0 Å². The minimum absolute atomic E-state index is 0.159. The van der Waals surface area contributed by atoms with Gasteiger partial charge in [0.2, 0.25) is 0 Å². The van der Waals surface area contributed by atoms with Crippen LogP contribution < -0.4 is 5.32 Å². The Morgan fingerprint density at radius 3 is 2.73 bits per heavy atom. The van der Waals surface area contributed by atoms with Crippen LogP contribution in [-0.4, -0.2) is 31.1 Å². The van der Waals surface area contributed by atoms with Gasteiger partial charge >= 0.3 is 0 Å². The molecule has 1 N–H and O–H groups in total. The third-order valence-corrected chi connectivity index (χ3v) is 4.16. The smallest absolute Gasteiger partial charge is 0.267 e. The molecule has 2 heterocycles. The lowest BCUT2D eigenvalue weighted by Crippen LogP contribution is -2.12. The highest BCUT2D eigenvalue weighted by atomic mass is 32.1. The van der Waals surface area contributed by atoms with Gasteiger partial charge in [-0.05, 0) is 49.4 Å². The maximum absolute atomic E-state index is 12.3. The molecule has 3 aromatic rings. The zero-order valence-corrected chi connectivity index (χ0v) is 13.2. The molecular formula is C14H14N6OS. The quantitative estimate of drug-likeness (QED) is 0.801. The maximum Gasteiger partial charge on any atom is 0.267 e. The average molecular weight is 314 g/mol. The third kappa shape index (κ3) is 2.73. The first kappa shape index (κ1) is 14.3. The maximum atomic E-state index is 12.3. The van der Waals surface area contributed by atoms with Gasteiger partial charge in [-0.25, -0.2) is 4.98 Å². The van der Waals surface area contributed by atoms with Crippen molar-refractivity contribution in [1.29, 1.82) is 0 Å². The summed E-state index contributed by atoms with van der Waals surface area (Å²) in [5.41, 5.74) is 2.22. The fourth-order valence-corrected chi connectivity index (χ4v) is 2.93. The second-order valence-corrected chi connectivity index (χ2v) is 5.99. The summed E-state index contributed by atoms with van der Waals surface area (Å²) in [6, 6.07) is 7.37. The van der Waals surface area contributed by atoms with Crippen LogP contribution in [0, 0.1) is 20.8 Å². The van der Waals surface area contributed by atoms with Crippen LogP contribution in [0.2, 0.25) is 0 Å². The summed E-state index contributed by atoms with van der Waals surface area (Å²) >= 11 is 1.39. The number of benzene rings is 1. The predicted octanol–water partition coefficient (Wildman–Crippen LogP) is 2.30. The van der Waals surface area contributed by atoms with Crippen molar-refractivity contribution in [3.8, 4) is 5.69 Å². The van der Waals surface area contributed by atoms with Gasteiger partial charge in [0.25, 0.3) is 5.91 Å². The molecule has 8 heteroatoms. The van der Waals surface area contributed by atoms with E-state index in [-0.39, 0.29) is 5.91 Å². The first-order valence-corrected chi connectivity index (χ1v) is 7.47. The van der Waals surface area contributed by atoms with Crippen molar-refractivity contribution >= 4 is 22.9 Å². The molecule has 1 aromatic carbocycles. The fourth-order valence-electron chi connectivity index (χ4n) is 2.12. The fraction of sp³-hybridized carbons (Fsp3) is 0.214. The van der Waals surface area contributed by atoms with Crippen molar-refractivity contribution in [3.63, 3.8) is 0 Å². The monoisotopic (exact) mass is 314 g/mol. The summed E-state index contributed by atoms with van der Waals surface area (Å²) in [6.45, 7) is 5.53. The molecule has 0 aliphatic carbocycles. The lowest BCUT2D eigenvalue weighted by Gasteiger charge is -2.07. The highest BCUT2D eigenvalue weighted by Crippen LogP contribution is 2.20. The molecule has 0 spiro atoms. The number of aromatic nitrogens is 5. The van der Waals surface area contributed by atoms with Crippen molar-refractivity contribution in [2.45, 2.75) is 20.8 Å². The molecule has 1 amide bonds. The summed E-state index contributed by atoms with van der Waals surface area (Å²) < 4.78 is 1.61. The number of anilines is 1. The zero-order valence-electron chi connectivity index (χ0n) is 12.4. The van der Waals surface area contributed by atoms with Gasteiger partial charge in [0.15, 0.2) is 5.82 Å². The summed E-state index contributed by atoms with van der Waals surface area (Å²) in [7, 11) is 0. The minimum Gasteiger partial charge on any atom is -0.321 e. The van der Waals surface area contributed by atoms with Crippen LogP contribution in [0.5, 0.6) is 0 Å². The number of carbonyl (C=O) groups is 1. The standard InChI is InChI=1S/C14H14N6OS/c1-8-13(22-10(3)15-8)14(21)16-11-5-4-6-12(7-11)20-9(2)17-18-19-20/h4-7H,1-3H3,(H,16,21). The Hall–Kier alpha value is -2.61. The highest BCUT2D eigenvalue weighted by molar-refractivity contribution is 7.13. The number of amides is 1. The Kier molecular flexibility index (Phi) is 3.68. The van der Waals surface area contributed by atoms with Crippen LogP contribution in [0.25, 0.3) is 5.69 Å². The molecular weight excluding hydrogens is 300 g/mol. The van der Waals surface area contributed by atoms with Gasteiger partial charge in [0.05, 0.1) is 16.4 Å². The van der Waals surface area contributed by atoms with E-state index in [0.717, 1.165) is 16.4 Å².